The van der Waals surface area contributed by atoms with E-state index >= 15 is 0 Å². The number of aromatic nitrogens is 1. The summed E-state index contributed by atoms with van der Waals surface area (Å²) in [6.45, 7) is 0. The molecule has 0 aliphatic carbocycles. The summed E-state index contributed by atoms with van der Waals surface area (Å²) in [7, 11) is -3.38. The van der Waals surface area contributed by atoms with E-state index in [0.29, 0.717) is 11.5 Å². The zero-order valence-electron chi connectivity index (χ0n) is 6.01. The van der Waals surface area contributed by atoms with Crippen molar-refractivity contribution in [2.75, 3.05) is 6.26 Å². The van der Waals surface area contributed by atoms with Crippen LogP contribution in [-0.4, -0.2) is 30.1 Å². The standard InChI is InChI=1S/C5H5NO4S2/c1-12(9,10)4-2-3(5(7)8)11-6-4/h2H,1H3,(H,7,8). The molecule has 0 fully saturated rings. The number of sulfone groups is 1. The molecular formula is C5H5NO4S2. The lowest BCUT2D eigenvalue weighted by atomic mass is 10.5. The Bertz CT molecular complexity index is 405. The molecule has 0 amide bonds. The summed E-state index contributed by atoms with van der Waals surface area (Å²) in [6, 6.07) is 1.04. The first-order chi connectivity index (χ1) is 5.41. The van der Waals surface area contributed by atoms with Crippen molar-refractivity contribution in [1.29, 1.82) is 0 Å². The molecular weight excluding hydrogens is 202 g/mol. The van der Waals surface area contributed by atoms with Crippen molar-refractivity contribution < 1.29 is 18.3 Å². The summed E-state index contributed by atoms with van der Waals surface area (Å²) < 4.78 is 25.1. The van der Waals surface area contributed by atoms with Crippen LogP contribution in [0.1, 0.15) is 9.67 Å². The zero-order chi connectivity index (χ0) is 9.35. The van der Waals surface area contributed by atoms with E-state index in [0.717, 1.165) is 12.3 Å². The van der Waals surface area contributed by atoms with Crippen molar-refractivity contribution in [3.05, 3.63) is 10.9 Å². The highest BCUT2D eigenvalue weighted by atomic mass is 32.2. The minimum Gasteiger partial charge on any atom is -0.477 e. The highest BCUT2D eigenvalue weighted by Gasteiger charge is 2.15. The third-order valence-corrected chi connectivity index (χ3v) is 2.94. The van der Waals surface area contributed by atoms with E-state index in [1.54, 1.807) is 0 Å². The molecule has 0 bridgehead atoms. The predicted molar refractivity (Wildman–Crippen MR) is 42.2 cm³/mol. The summed E-state index contributed by atoms with van der Waals surface area (Å²) in [4.78, 5) is 10.2. The maximum absolute atomic E-state index is 10.8. The van der Waals surface area contributed by atoms with Gasteiger partial charge < -0.3 is 5.11 Å². The van der Waals surface area contributed by atoms with E-state index in [4.69, 9.17) is 5.11 Å². The van der Waals surface area contributed by atoms with Gasteiger partial charge in [-0.3, -0.25) is 0 Å². The minimum atomic E-state index is -3.38. The molecule has 1 N–H and O–H groups in total. The molecule has 5 nitrogen and oxygen atoms in total. The van der Waals surface area contributed by atoms with Crippen molar-refractivity contribution in [3.8, 4) is 0 Å². The minimum absolute atomic E-state index is 0.0737. The van der Waals surface area contributed by atoms with Gasteiger partial charge in [0.1, 0.15) is 4.88 Å². The molecule has 12 heavy (non-hydrogen) atoms. The Labute approximate surface area is 72.7 Å². The fourth-order valence-electron chi connectivity index (χ4n) is 0.535. The molecule has 1 aromatic heterocycles. The molecule has 1 heterocycles. The van der Waals surface area contributed by atoms with Gasteiger partial charge in [0, 0.05) is 12.3 Å². The van der Waals surface area contributed by atoms with E-state index in [9.17, 15) is 13.2 Å². The lowest BCUT2D eigenvalue weighted by Gasteiger charge is -1.85. The molecule has 0 saturated heterocycles. The van der Waals surface area contributed by atoms with E-state index < -0.39 is 15.8 Å². The number of aromatic carboxylic acids is 1. The molecule has 0 aromatic carbocycles. The lowest BCUT2D eigenvalue weighted by molar-refractivity contribution is 0.0702. The Morgan fingerprint density at radius 3 is 2.50 bits per heavy atom. The molecule has 0 saturated carbocycles. The average molecular weight is 207 g/mol. The molecule has 1 rings (SSSR count). The summed E-state index contributed by atoms with van der Waals surface area (Å²) in [5.74, 6) is -1.16. The Balaban J connectivity index is 3.17. The Kier molecular flexibility index (Phi) is 2.16. The second kappa shape index (κ2) is 2.83. The molecule has 0 spiro atoms. The molecule has 1 aromatic rings. The van der Waals surface area contributed by atoms with Crippen molar-refractivity contribution in [3.63, 3.8) is 0 Å². The number of hydrogen-bond donors (Lipinski definition) is 1. The third-order valence-electron chi connectivity index (χ3n) is 1.08. The average Bonchev–Trinajstić information content (AvgIpc) is 2.30. The molecule has 66 valence electrons. The van der Waals surface area contributed by atoms with E-state index in [2.05, 4.69) is 4.37 Å². The monoisotopic (exact) mass is 207 g/mol. The predicted octanol–water partition coefficient (Wildman–Crippen LogP) is 0.245. The van der Waals surface area contributed by atoms with Crippen molar-refractivity contribution in [2.24, 2.45) is 0 Å². The lowest BCUT2D eigenvalue weighted by Crippen LogP contribution is -1.96. The molecule has 0 atom stereocenters. The summed E-state index contributed by atoms with van der Waals surface area (Å²) >= 11 is 0.656. The zero-order valence-corrected chi connectivity index (χ0v) is 7.65. The molecule has 7 heteroatoms. The number of carbonyl (C=O) groups is 1. The summed E-state index contributed by atoms with van der Waals surface area (Å²) in [5.41, 5.74) is 0. The van der Waals surface area contributed by atoms with Crippen molar-refractivity contribution in [1.82, 2.24) is 4.37 Å². The van der Waals surface area contributed by atoms with Crippen LogP contribution >= 0.6 is 11.5 Å². The fourth-order valence-corrected chi connectivity index (χ4v) is 2.08. The molecule has 0 unspecified atom stereocenters. The van der Waals surface area contributed by atoms with Crippen LogP contribution in [0.15, 0.2) is 11.1 Å². The second-order valence-corrected chi connectivity index (χ2v) is 4.87. The second-order valence-electron chi connectivity index (χ2n) is 2.11. The van der Waals surface area contributed by atoms with Gasteiger partial charge in [0.15, 0.2) is 14.9 Å². The van der Waals surface area contributed by atoms with E-state index in [1.807, 2.05) is 0 Å². The van der Waals surface area contributed by atoms with Gasteiger partial charge in [-0.15, -0.1) is 0 Å². The summed E-state index contributed by atoms with van der Waals surface area (Å²) in [5, 5.41) is 8.25. The van der Waals surface area contributed by atoms with Crippen LogP contribution in [0.2, 0.25) is 0 Å². The van der Waals surface area contributed by atoms with E-state index in [1.165, 1.54) is 0 Å². The first kappa shape index (κ1) is 9.14. The molecule has 0 radical (unpaired) electrons. The maximum atomic E-state index is 10.8. The first-order valence-corrected chi connectivity index (χ1v) is 5.48. The van der Waals surface area contributed by atoms with Crippen LogP contribution in [0.4, 0.5) is 0 Å². The summed E-state index contributed by atoms with van der Waals surface area (Å²) in [6.07, 6.45) is 0.980. The van der Waals surface area contributed by atoms with Gasteiger partial charge in [0.2, 0.25) is 0 Å². The first-order valence-electron chi connectivity index (χ1n) is 2.81. The van der Waals surface area contributed by atoms with Gasteiger partial charge in [-0.1, -0.05) is 0 Å². The smallest absolute Gasteiger partial charge is 0.347 e. The number of carboxylic acids is 1. The van der Waals surface area contributed by atoms with Gasteiger partial charge in [0.05, 0.1) is 0 Å². The van der Waals surface area contributed by atoms with Gasteiger partial charge in [-0.2, -0.15) is 4.37 Å². The number of nitrogens with zero attached hydrogens (tertiary/aromatic N) is 1. The van der Waals surface area contributed by atoms with Crippen LogP contribution in [0.25, 0.3) is 0 Å². The maximum Gasteiger partial charge on any atom is 0.347 e. The quantitative estimate of drug-likeness (QED) is 0.751. The Morgan fingerprint density at radius 2 is 2.25 bits per heavy atom. The van der Waals surface area contributed by atoms with Crippen LogP contribution in [0, 0.1) is 0 Å². The van der Waals surface area contributed by atoms with Crippen LogP contribution in [-0.2, 0) is 9.84 Å². The highest BCUT2D eigenvalue weighted by molar-refractivity contribution is 7.90. The normalized spacial score (nSPS) is 11.4. The van der Waals surface area contributed by atoms with Gasteiger partial charge in [0.25, 0.3) is 0 Å². The van der Waals surface area contributed by atoms with Gasteiger partial charge >= 0.3 is 5.97 Å². The topological polar surface area (TPSA) is 84.3 Å². The Hall–Kier alpha value is -0.950. The SMILES string of the molecule is CS(=O)(=O)c1cc(C(=O)O)sn1. The fraction of sp³-hybridized carbons (Fsp3) is 0.200. The number of hydrogen-bond acceptors (Lipinski definition) is 5. The van der Waals surface area contributed by atoms with Crippen LogP contribution < -0.4 is 0 Å². The molecule has 0 aliphatic rings. The van der Waals surface area contributed by atoms with Crippen LogP contribution in [0.5, 0.6) is 0 Å². The molecule has 0 aliphatic heterocycles. The van der Waals surface area contributed by atoms with Crippen molar-refractivity contribution >= 4 is 27.3 Å². The van der Waals surface area contributed by atoms with Crippen molar-refractivity contribution in [2.45, 2.75) is 5.03 Å². The largest absolute Gasteiger partial charge is 0.477 e. The van der Waals surface area contributed by atoms with Gasteiger partial charge in [-0.25, -0.2) is 13.2 Å². The number of carboxylic acid groups (broad SMARTS) is 1. The Morgan fingerprint density at radius 1 is 1.67 bits per heavy atom. The third kappa shape index (κ3) is 1.80. The van der Waals surface area contributed by atoms with Crippen LogP contribution in [0.3, 0.4) is 0 Å². The van der Waals surface area contributed by atoms with E-state index in [-0.39, 0.29) is 9.90 Å². The highest BCUT2D eigenvalue weighted by Crippen LogP contribution is 2.13. The van der Waals surface area contributed by atoms with Gasteiger partial charge in [-0.05, 0) is 11.5 Å². The number of rotatable bonds is 2.